The predicted octanol–water partition coefficient (Wildman–Crippen LogP) is 1.30. The summed E-state index contributed by atoms with van der Waals surface area (Å²) in [6, 6.07) is 5.08. The molecule has 0 fully saturated rings. The number of hydrogen-bond donors (Lipinski definition) is 2. The van der Waals surface area contributed by atoms with Crippen LogP contribution in [-0.2, 0) is 0 Å². The Labute approximate surface area is 87.1 Å². The summed E-state index contributed by atoms with van der Waals surface area (Å²) in [5, 5.41) is 8.74. The Kier molecular flexibility index (Phi) is 3.06. The molecular weight excluding hydrogens is 196 g/mol. The highest BCUT2D eigenvalue weighted by molar-refractivity contribution is 6.02. The molecule has 1 rings (SSSR count). The van der Waals surface area contributed by atoms with Gasteiger partial charge in [0.15, 0.2) is 0 Å². The van der Waals surface area contributed by atoms with Crippen LogP contribution in [0.5, 0.6) is 0 Å². The molecule has 0 aromatic heterocycles. The van der Waals surface area contributed by atoms with E-state index < -0.39 is 12.0 Å². The van der Waals surface area contributed by atoms with Gasteiger partial charge in [-0.2, -0.15) is 5.01 Å². The molecule has 0 radical (unpaired) electrons. The number of carboxylic acid groups (broad SMARTS) is 1. The highest BCUT2D eigenvalue weighted by Crippen LogP contribution is 2.13. The molecule has 1 aromatic rings. The average Bonchev–Trinajstić information content (AvgIpc) is 2.20. The van der Waals surface area contributed by atoms with Gasteiger partial charge in [-0.1, -0.05) is 12.1 Å². The largest absolute Gasteiger partial charge is 0.464 e. The Morgan fingerprint density at radius 2 is 1.93 bits per heavy atom. The fraction of sp³-hybridized carbons (Fsp3) is 0.200. The molecule has 0 aliphatic carbocycles. The van der Waals surface area contributed by atoms with Gasteiger partial charge in [-0.3, -0.25) is 4.79 Å². The van der Waals surface area contributed by atoms with Crippen molar-refractivity contribution in [1.29, 1.82) is 0 Å². The molecule has 3 N–H and O–H groups in total. The highest BCUT2D eigenvalue weighted by Gasteiger charge is 2.20. The van der Waals surface area contributed by atoms with E-state index in [0.29, 0.717) is 5.56 Å². The molecule has 5 heteroatoms. The van der Waals surface area contributed by atoms with Crippen molar-refractivity contribution in [2.24, 2.45) is 5.84 Å². The van der Waals surface area contributed by atoms with Crippen LogP contribution < -0.4 is 5.84 Å². The van der Waals surface area contributed by atoms with Crippen LogP contribution >= 0.6 is 0 Å². The lowest BCUT2D eigenvalue weighted by molar-refractivity contribution is 0.0741. The van der Waals surface area contributed by atoms with E-state index in [2.05, 4.69) is 0 Å². The molecule has 15 heavy (non-hydrogen) atoms. The first-order valence-electron chi connectivity index (χ1n) is 4.33. The first kappa shape index (κ1) is 11.2. The molecule has 2 amide bonds. The minimum atomic E-state index is -1.47. The van der Waals surface area contributed by atoms with Crippen LogP contribution in [0.4, 0.5) is 4.79 Å². The van der Waals surface area contributed by atoms with Crippen molar-refractivity contribution < 1.29 is 14.7 Å². The lowest BCUT2D eigenvalue weighted by Crippen LogP contribution is -2.41. The van der Waals surface area contributed by atoms with E-state index in [1.54, 1.807) is 19.1 Å². The minimum Gasteiger partial charge on any atom is -0.464 e. The van der Waals surface area contributed by atoms with E-state index in [-0.39, 0.29) is 5.01 Å². The van der Waals surface area contributed by atoms with Crippen LogP contribution in [-0.4, -0.2) is 22.1 Å². The van der Waals surface area contributed by atoms with Crippen molar-refractivity contribution in [2.75, 3.05) is 0 Å². The van der Waals surface area contributed by atoms with E-state index in [4.69, 9.17) is 10.9 Å². The molecule has 0 aliphatic heterocycles. The second kappa shape index (κ2) is 4.10. The number of benzene rings is 1. The van der Waals surface area contributed by atoms with Crippen LogP contribution in [0.15, 0.2) is 18.2 Å². The number of nitrogens with zero attached hydrogens (tertiary/aromatic N) is 1. The molecule has 0 aliphatic rings. The quantitative estimate of drug-likeness (QED) is 0.414. The molecule has 0 atom stereocenters. The maximum atomic E-state index is 11.6. The van der Waals surface area contributed by atoms with Crippen LogP contribution in [0.2, 0.25) is 0 Å². The number of imide groups is 1. The summed E-state index contributed by atoms with van der Waals surface area (Å²) in [4.78, 5) is 22.1. The Bertz CT molecular complexity index is 415. The van der Waals surface area contributed by atoms with Crippen molar-refractivity contribution in [2.45, 2.75) is 13.8 Å². The molecule has 0 bridgehead atoms. The molecule has 80 valence electrons. The number of hydrogen-bond acceptors (Lipinski definition) is 3. The molecule has 0 spiro atoms. The fourth-order valence-electron chi connectivity index (χ4n) is 1.20. The first-order chi connectivity index (χ1) is 6.95. The average molecular weight is 208 g/mol. The Hall–Kier alpha value is -1.88. The van der Waals surface area contributed by atoms with E-state index in [1.165, 1.54) is 0 Å². The number of rotatable bonds is 1. The topological polar surface area (TPSA) is 83.6 Å². The second-order valence-electron chi connectivity index (χ2n) is 3.21. The summed E-state index contributed by atoms with van der Waals surface area (Å²) >= 11 is 0. The number of carbonyl (C=O) groups excluding carboxylic acids is 1. The monoisotopic (exact) mass is 208 g/mol. The fourth-order valence-corrected chi connectivity index (χ4v) is 1.20. The zero-order chi connectivity index (χ0) is 11.6. The van der Waals surface area contributed by atoms with E-state index in [9.17, 15) is 9.59 Å². The van der Waals surface area contributed by atoms with E-state index in [0.717, 1.165) is 11.1 Å². The number of hydrazine groups is 1. The van der Waals surface area contributed by atoms with Crippen LogP contribution in [0, 0.1) is 13.8 Å². The molecule has 5 nitrogen and oxygen atoms in total. The van der Waals surface area contributed by atoms with Gasteiger partial charge < -0.3 is 5.11 Å². The summed E-state index contributed by atoms with van der Waals surface area (Å²) in [5.74, 6) is 4.38. The smallest absolute Gasteiger partial charge is 0.429 e. The van der Waals surface area contributed by atoms with Gasteiger partial charge in [-0.15, -0.1) is 0 Å². The maximum Gasteiger partial charge on any atom is 0.429 e. The summed E-state index contributed by atoms with van der Waals surface area (Å²) in [7, 11) is 0. The standard InChI is InChI=1S/C10H12N2O3/c1-6-4-3-5-8(7(6)2)9(13)12(11)10(14)15/h3-5H,11H2,1-2H3,(H,14,15). The minimum absolute atomic E-state index is 0.182. The lowest BCUT2D eigenvalue weighted by Gasteiger charge is -2.13. The third-order valence-electron chi connectivity index (χ3n) is 2.26. The van der Waals surface area contributed by atoms with Crippen molar-refractivity contribution in [3.05, 3.63) is 34.9 Å². The van der Waals surface area contributed by atoms with Crippen molar-refractivity contribution in [3.8, 4) is 0 Å². The highest BCUT2D eigenvalue weighted by atomic mass is 16.4. The molecule has 1 aromatic carbocycles. The lowest BCUT2D eigenvalue weighted by atomic mass is 10.0. The first-order valence-corrected chi connectivity index (χ1v) is 4.33. The molecule has 0 unspecified atom stereocenters. The van der Waals surface area contributed by atoms with Gasteiger partial charge in [-0.05, 0) is 31.0 Å². The summed E-state index contributed by atoms with van der Waals surface area (Å²) in [6.07, 6.45) is -1.47. The maximum absolute atomic E-state index is 11.6. The summed E-state index contributed by atoms with van der Waals surface area (Å²) in [5.41, 5.74) is 1.96. The SMILES string of the molecule is Cc1cccc(C(=O)N(N)C(=O)O)c1C. The van der Waals surface area contributed by atoms with E-state index >= 15 is 0 Å². The van der Waals surface area contributed by atoms with Crippen molar-refractivity contribution in [3.63, 3.8) is 0 Å². The van der Waals surface area contributed by atoms with Gasteiger partial charge in [0.25, 0.3) is 5.91 Å². The Morgan fingerprint density at radius 3 is 2.47 bits per heavy atom. The van der Waals surface area contributed by atoms with Gasteiger partial charge >= 0.3 is 6.09 Å². The number of aryl methyl sites for hydroxylation is 1. The predicted molar refractivity (Wildman–Crippen MR) is 54.3 cm³/mol. The second-order valence-corrected chi connectivity index (χ2v) is 3.21. The third kappa shape index (κ3) is 2.13. The molecule has 0 heterocycles. The summed E-state index contributed by atoms with van der Waals surface area (Å²) < 4.78 is 0. The molecular formula is C10H12N2O3. The van der Waals surface area contributed by atoms with Gasteiger partial charge in [0.05, 0.1) is 0 Å². The normalized spacial score (nSPS) is 9.80. The number of amides is 2. The van der Waals surface area contributed by atoms with Gasteiger partial charge in [0.1, 0.15) is 0 Å². The Balaban J connectivity index is 3.12. The molecule has 0 saturated heterocycles. The van der Waals surface area contributed by atoms with E-state index in [1.807, 2.05) is 13.0 Å². The molecule has 0 saturated carbocycles. The van der Waals surface area contributed by atoms with Crippen LogP contribution in [0.1, 0.15) is 21.5 Å². The van der Waals surface area contributed by atoms with Crippen LogP contribution in [0.3, 0.4) is 0 Å². The van der Waals surface area contributed by atoms with Gasteiger partial charge in [0, 0.05) is 5.56 Å². The van der Waals surface area contributed by atoms with Gasteiger partial charge in [0.2, 0.25) is 0 Å². The van der Waals surface area contributed by atoms with Crippen LogP contribution in [0.25, 0.3) is 0 Å². The zero-order valence-corrected chi connectivity index (χ0v) is 8.52. The summed E-state index contributed by atoms with van der Waals surface area (Å²) in [6.45, 7) is 3.59. The Morgan fingerprint density at radius 1 is 1.33 bits per heavy atom. The van der Waals surface area contributed by atoms with Gasteiger partial charge in [-0.25, -0.2) is 10.6 Å². The number of nitrogens with two attached hydrogens (primary N) is 1. The van der Waals surface area contributed by atoms with Crippen molar-refractivity contribution >= 4 is 12.0 Å². The number of carbonyl (C=O) groups is 2. The third-order valence-corrected chi connectivity index (χ3v) is 2.26. The zero-order valence-electron chi connectivity index (χ0n) is 8.52. The van der Waals surface area contributed by atoms with Crippen molar-refractivity contribution in [1.82, 2.24) is 5.01 Å².